The first kappa shape index (κ1) is 7.59. The number of nitrogens with zero attached hydrogens (tertiary/aromatic N) is 1. The van der Waals surface area contributed by atoms with Gasteiger partial charge >= 0.3 is 6.03 Å². The minimum absolute atomic E-state index is 0.428. The van der Waals surface area contributed by atoms with Gasteiger partial charge in [-0.15, -0.1) is 0 Å². The highest BCUT2D eigenvalue weighted by Gasteiger charge is 1.99. The van der Waals surface area contributed by atoms with Crippen LogP contribution in [0.1, 0.15) is 11.3 Å². The van der Waals surface area contributed by atoms with E-state index in [-0.39, 0.29) is 0 Å². The van der Waals surface area contributed by atoms with Crippen molar-refractivity contribution in [3.05, 3.63) is 17.5 Å². The third-order valence-corrected chi connectivity index (χ3v) is 1.39. The Morgan fingerprint density at radius 3 is 3.09 bits per heavy atom. The van der Waals surface area contributed by atoms with Crippen molar-refractivity contribution in [2.45, 2.75) is 13.5 Å². The summed E-state index contributed by atoms with van der Waals surface area (Å²) >= 11 is 0. The number of hydrogen-bond donors (Lipinski definition) is 3. The molecule has 0 aliphatic rings. The number of nitrogens with two attached hydrogens (primary N) is 1. The Kier molecular flexibility index (Phi) is 2.10. The Balaban J connectivity index is 2.51. The second kappa shape index (κ2) is 3.05. The molecule has 0 fully saturated rings. The summed E-state index contributed by atoms with van der Waals surface area (Å²) in [6, 6.07) is -0.523. The molecular weight excluding hydrogens is 144 g/mol. The molecule has 5 nitrogen and oxygen atoms in total. The number of amides is 2. The number of aromatic amines is 1. The molecule has 1 heterocycles. The standard InChI is InChI=1S/C6H10N4O/c1-4-5(3-9-10-4)2-8-6(7)11/h3H,2H2,1H3,(H,9,10)(H3,7,8,11). The van der Waals surface area contributed by atoms with Gasteiger partial charge in [0.15, 0.2) is 0 Å². The average Bonchev–Trinajstić information content (AvgIpc) is 2.31. The second-order valence-corrected chi connectivity index (χ2v) is 2.24. The number of primary amides is 1. The maximum atomic E-state index is 10.3. The quantitative estimate of drug-likeness (QED) is 0.555. The molecule has 0 spiro atoms. The van der Waals surface area contributed by atoms with E-state index in [9.17, 15) is 4.79 Å². The molecule has 60 valence electrons. The number of carbonyl (C=O) groups is 1. The van der Waals surface area contributed by atoms with Gasteiger partial charge in [-0.25, -0.2) is 4.79 Å². The monoisotopic (exact) mass is 154 g/mol. The topological polar surface area (TPSA) is 83.8 Å². The number of nitrogens with one attached hydrogen (secondary N) is 2. The zero-order valence-corrected chi connectivity index (χ0v) is 6.22. The highest BCUT2D eigenvalue weighted by Crippen LogP contribution is 2.00. The average molecular weight is 154 g/mol. The van der Waals surface area contributed by atoms with Crippen LogP contribution < -0.4 is 11.1 Å². The normalized spacial score (nSPS) is 9.55. The number of aromatic nitrogens is 2. The number of hydrogen-bond acceptors (Lipinski definition) is 2. The van der Waals surface area contributed by atoms with E-state index in [1.165, 1.54) is 0 Å². The lowest BCUT2D eigenvalue weighted by Crippen LogP contribution is -2.28. The molecule has 11 heavy (non-hydrogen) atoms. The summed E-state index contributed by atoms with van der Waals surface area (Å²) in [7, 11) is 0. The zero-order valence-electron chi connectivity index (χ0n) is 6.22. The van der Waals surface area contributed by atoms with Gasteiger partial charge in [-0.1, -0.05) is 0 Å². The van der Waals surface area contributed by atoms with Gasteiger partial charge in [-0.3, -0.25) is 5.10 Å². The first-order valence-corrected chi connectivity index (χ1v) is 3.22. The molecule has 5 heteroatoms. The maximum absolute atomic E-state index is 10.3. The van der Waals surface area contributed by atoms with Crippen LogP contribution in [0.5, 0.6) is 0 Å². The molecule has 1 aromatic heterocycles. The summed E-state index contributed by atoms with van der Waals surface area (Å²) in [5.41, 5.74) is 6.77. The van der Waals surface area contributed by atoms with E-state index < -0.39 is 6.03 Å². The molecule has 0 saturated carbocycles. The van der Waals surface area contributed by atoms with Crippen molar-refractivity contribution in [1.29, 1.82) is 0 Å². The third kappa shape index (κ3) is 1.96. The number of aryl methyl sites for hydroxylation is 1. The Morgan fingerprint density at radius 1 is 1.91 bits per heavy atom. The molecule has 0 unspecified atom stereocenters. The minimum atomic E-state index is -0.523. The SMILES string of the molecule is Cc1[nH]ncc1CNC(N)=O. The van der Waals surface area contributed by atoms with E-state index in [1.807, 2.05) is 6.92 Å². The van der Waals surface area contributed by atoms with E-state index in [0.717, 1.165) is 11.3 Å². The Bertz CT molecular complexity index is 255. The largest absolute Gasteiger partial charge is 0.352 e. The molecule has 0 atom stereocenters. The maximum Gasteiger partial charge on any atom is 0.312 e. The van der Waals surface area contributed by atoms with E-state index in [1.54, 1.807) is 6.20 Å². The Hall–Kier alpha value is -1.52. The summed E-state index contributed by atoms with van der Waals surface area (Å²) in [5, 5.41) is 9.00. The summed E-state index contributed by atoms with van der Waals surface area (Å²) in [5.74, 6) is 0. The molecule has 0 bridgehead atoms. The van der Waals surface area contributed by atoms with Crippen molar-refractivity contribution in [1.82, 2.24) is 15.5 Å². The predicted molar refractivity (Wildman–Crippen MR) is 39.7 cm³/mol. The summed E-state index contributed by atoms with van der Waals surface area (Å²) in [6.07, 6.45) is 1.66. The van der Waals surface area contributed by atoms with Crippen molar-refractivity contribution >= 4 is 6.03 Å². The van der Waals surface area contributed by atoms with Gasteiger partial charge in [-0.2, -0.15) is 5.10 Å². The van der Waals surface area contributed by atoms with Crippen molar-refractivity contribution in [3.8, 4) is 0 Å². The van der Waals surface area contributed by atoms with Gasteiger partial charge in [0.1, 0.15) is 0 Å². The molecule has 0 aliphatic heterocycles. The van der Waals surface area contributed by atoms with Crippen molar-refractivity contribution < 1.29 is 4.79 Å². The second-order valence-electron chi connectivity index (χ2n) is 2.24. The molecule has 4 N–H and O–H groups in total. The smallest absolute Gasteiger partial charge is 0.312 e. The van der Waals surface area contributed by atoms with Crippen LogP contribution >= 0.6 is 0 Å². The van der Waals surface area contributed by atoms with Gasteiger partial charge < -0.3 is 11.1 Å². The van der Waals surface area contributed by atoms with Crippen LogP contribution in [0.4, 0.5) is 4.79 Å². The minimum Gasteiger partial charge on any atom is -0.352 e. The van der Waals surface area contributed by atoms with E-state index in [0.29, 0.717) is 6.54 Å². The molecule has 0 aliphatic carbocycles. The number of urea groups is 1. The molecule has 2 amide bonds. The van der Waals surface area contributed by atoms with Crippen molar-refractivity contribution in [2.75, 3.05) is 0 Å². The van der Waals surface area contributed by atoms with Gasteiger partial charge in [0.05, 0.1) is 6.20 Å². The third-order valence-electron chi connectivity index (χ3n) is 1.39. The van der Waals surface area contributed by atoms with Crippen LogP contribution in [0.3, 0.4) is 0 Å². The highest BCUT2D eigenvalue weighted by molar-refractivity contribution is 5.71. The fourth-order valence-corrected chi connectivity index (χ4v) is 0.736. The lowest BCUT2D eigenvalue weighted by Gasteiger charge is -1.98. The van der Waals surface area contributed by atoms with Gasteiger partial charge in [-0.05, 0) is 6.92 Å². The highest BCUT2D eigenvalue weighted by atomic mass is 16.2. The number of carbonyl (C=O) groups excluding carboxylic acids is 1. The lowest BCUT2D eigenvalue weighted by atomic mass is 10.3. The first-order chi connectivity index (χ1) is 5.20. The van der Waals surface area contributed by atoms with Crippen LogP contribution in [0, 0.1) is 6.92 Å². The van der Waals surface area contributed by atoms with Crippen LogP contribution in [0.15, 0.2) is 6.20 Å². The molecule has 1 rings (SSSR count). The fraction of sp³-hybridized carbons (Fsp3) is 0.333. The Morgan fingerprint density at radius 2 is 2.64 bits per heavy atom. The summed E-state index contributed by atoms with van der Waals surface area (Å²) < 4.78 is 0. The molecular formula is C6H10N4O. The van der Waals surface area contributed by atoms with Crippen molar-refractivity contribution in [3.63, 3.8) is 0 Å². The van der Waals surface area contributed by atoms with E-state index >= 15 is 0 Å². The van der Waals surface area contributed by atoms with Crippen molar-refractivity contribution in [2.24, 2.45) is 5.73 Å². The molecule has 0 radical (unpaired) electrons. The molecule has 0 aromatic carbocycles. The summed E-state index contributed by atoms with van der Waals surface area (Å²) in [6.45, 7) is 2.31. The van der Waals surface area contributed by atoms with E-state index in [4.69, 9.17) is 5.73 Å². The zero-order chi connectivity index (χ0) is 8.27. The van der Waals surface area contributed by atoms with Gasteiger partial charge in [0, 0.05) is 17.8 Å². The predicted octanol–water partition coefficient (Wildman–Crippen LogP) is -0.114. The number of rotatable bonds is 2. The van der Waals surface area contributed by atoms with Gasteiger partial charge in [0.2, 0.25) is 0 Å². The van der Waals surface area contributed by atoms with Gasteiger partial charge in [0.25, 0.3) is 0 Å². The van der Waals surface area contributed by atoms with E-state index in [2.05, 4.69) is 15.5 Å². The van der Waals surface area contributed by atoms with Crippen LogP contribution in [0.25, 0.3) is 0 Å². The van der Waals surface area contributed by atoms with Crippen LogP contribution in [-0.4, -0.2) is 16.2 Å². The number of H-pyrrole nitrogens is 1. The lowest BCUT2D eigenvalue weighted by molar-refractivity contribution is 0.248. The first-order valence-electron chi connectivity index (χ1n) is 3.22. The Labute approximate surface area is 64.0 Å². The molecule has 0 saturated heterocycles. The van der Waals surface area contributed by atoms with Crippen LogP contribution in [0.2, 0.25) is 0 Å². The molecule has 1 aromatic rings. The van der Waals surface area contributed by atoms with Crippen LogP contribution in [-0.2, 0) is 6.54 Å². The fourth-order valence-electron chi connectivity index (χ4n) is 0.736. The summed E-state index contributed by atoms with van der Waals surface area (Å²) in [4.78, 5) is 10.3.